The molecule has 16 heavy (non-hydrogen) atoms. The maximum absolute atomic E-state index is 11.8. The number of halogens is 1. The van der Waals surface area contributed by atoms with E-state index in [4.69, 9.17) is 0 Å². The molecule has 82 valence electrons. The summed E-state index contributed by atoms with van der Waals surface area (Å²) in [7, 11) is 0. The molecule has 0 aliphatic rings. The number of aromatic nitrogens is 1. The Morgan fingerprint density at radius 1 is 1.44 bits per heavy atom. The van der Waals surface area contributed by atoms with Gasteiger partial charge in [0.05, 0.1) is 0 Å². The molecule has 2 rings (SSSR count). The first-order valence-electron chi connectivity index (χ1n) is 4.65. The second kappa shape index (κ2) is 4.76. The smallest absolute Gasteiger partial charge is 0.268 e. The highest BCUT2D eigenvalue weighted by molar-refractivity contribution is 9.10. The molecule has 0 unspecified atom stereocenters. The van der Waals surface area contributed by atoms with Crippen molar-refractivity contribution in [2.24, 2.45) is 0 Å². The molecule has 0 aliphatic heterocycles. The van der Waals surface area contributed by atoms with Gasteiger partial charge in [0.2, 0.25) is 0 Å². The summed E-state index contributed by atoms with van der Waals surface area (Å²) in [4.78, 5) is 16.7. The first-order chi connectivity index (χ1) is 7.66. The third-order valence-corrected chi connectivity index (χ3v) is 3.79. The number of carbonyl (C=O) groups is 1. The number of aryl methyl sites for hydroxylation is 1. The standard InChI is InChI=1S/C11H9BrN2OS/c1-7-3-2-4-9(13-7)14-11(15)10-8(12)5-6-16-10/h2-6H,1H3,(H,13,14,15). The first kappa shape index (κ1) is 11.3. The molecule has 0 fully saturated rings. The lowest BCUT2D eigenvalue weighted by Crippen LogP contribution is -2.12. The van der Waals surface area contributed by atoms with Gasteiger partial charge in [0, 0.05) is 10.2 Å². The highest BCUT2D eigenvalue weighted by Crippen LogP contribution is 2.23. The Kier molecular flexibility index (Phi) is 3.36. The van der Waals surface area contributed by atoms with E-state index in [1.807, 2.05) is 30.5 Å². The van der Waals surface area contributed by atoms with Gasteiger partial charge in [0.25, 0.3) is 5.91 Å². The van der Waals surface area contributed by atoms with Gasteiger partial charge in [-0.2, -0.15) is 0 Å². The molecule has 0 aromatic carbocycles. The van der Waals surface area contributed by atoms with Gasteiger partial charge in [-0.15, -0.1) is 11.3 Å². The lowest BCUT2D eigenvalue weighted by molar-refractivity contribution is 0.102. The SMILES string of the molecule is Cc1cccc(NC(=O)c2sccc2Br)n1. The summed E-state index contributed by atoms with van der Waals surface area (Å²) < 4.78 is 0.808. The minimum Gasteiger partial charge on any atom is -0.306 e. The minimum absolute atomic E-state index is 0.139. The zero-order valence-electron chi connectivity index (χ0n) is 8.53. The predicted molar refractivity (Wildman–Crippen MR) is 68.9 cm³/mol. The molecule has 5 heteroatoms. The van der Waals surface area contributed by atoms with Gasteiger partial charge in [-0.3, -0.25) is 4.79 Å². The van der Waals surface area contributed by atoms with E-state index in [1.165, 1.54) is 11.3 Å². The maximum atomic E-state index is 11.8. The molecule has 0 spiro atoms. The Hall–Kier alpha value is -1.20. The molecule has 0 radical (unpaired) electrons. The Morgan fingerprint density at radius 3 is 2.88 bits per heavy atom. The highest BCUT2D eigenvalue weighted by atomic mass is 79.9. The fourth-order valence-electron chi connectivity index (χ4n) is 1.24. The van der Waals surface area contributed by atoms with Gasteiger partial charge in [-0.25, -0.2) is 4.98 Å². The molecule has 3 nitrogen and oxygen atoms in total. The Morgan fingerprint density at radius 2 is 2.25 bits per heavy atom. The topological polar surface area (TPSA) is 42.0 Å². The predicted octanol–water partition coefficient (Wildman–Crippen LogP) is 3.47. The molecule has 0 aliphatic carbocycles. The van der Waals surface area contributed by atoms with E-state index in [-0.39, 0.29) is 5.91 Å². The molecule has 1 N–H and O–H groups in total. The Labute approximate surface area is 106 Å². The quantitative estimate of drug-likeness (QED) is 0.922. The van der Waals surface area contributed by atoms with Gasteiger partial charge >= 0.3 is 0 Å². The molecule has 2 heterocycles. The summed E-state index contributed by atoms with van der Waals surface area (Å²) in [5.41, 5.74) is 0.878. The number of amides is 1. The van der Waals surface area contributed by atoms with Crippen molar-refractivity contribution >= 4 is 39.0 Å². The van der Waals surface area contributed by atoms with Crippen LogP contribution >= 0.6 is 27.3 Å². The third-order valence-electron chi connectivity index (χ3n) is 1.95. The molecule has 2 aromatic rings. The van der Waals surface area contributed by atoms with E-state index in [0.29, 0.717) is 10.7 Å². The zero-order valence-corrected chi connectivity index (χ0v) is 10.9. The number of pyridine rings is 1. The largest absolute Gasteiger partial charge is 0.306 e. The number of anilines is 1. The van der Waals surface area contributed by atoms with Crippen LogP contribution in [0.15, 0.2) is 34.1 Å². The summed E-state index contributed by atoms with van der Waals surface area (Å²) in [6.07, 6.45) is 0. The van der Waals surface area contributed by atoms with Crippen molar-refractivity contribution in [3.05, 3.63) is 44.7 Å². The van der Waals surface area contributed by atoms with Crippen molar-refractivity contribution < 1.29 is 4.79 Å². The van der Waals surface area contributed by atoms with Gasteiger partial charge in [-0.05, 0) is 46.4 Å². The van der Waals surface area contributed by atoms with Crippen molar-refractivity contribution in [2.75, 3.05) is 5.32 Å². The molecule has 0 saturated heterocycles. The molecular weight excluding hydrogens is 288 g/mol. The molecule has 0 atom stereocenters. The van der Waals surface area contributed by atoms with E-state index < -0.39 is 0 Å². The molecular formula is C11H9BrN2OS. The van der Waals surface area contributed by atoms with E-state index in [1.54, 1.807) is 6.07 Å². The molecule has 0 bridgehead atoms. The second-order valence-corrected chi connectivity index (χ2v) is 4.99. The van der Waals surface area contributed by atoms with Crippen LogP contribution in [0, 0.1) is 6.92 Å². The van der Waals surface area contributed by atoms with E-state index in [0.717, 1.165) is 10.2 Å². The summed E-state index contributed by atoms with van der Waals surface area (Å²) in [5, 5.41) is 4.62. The monoisotopic (exact) mass is 296 g/mol. The van der Waals surface area contributed by atoms with Gasteiger partial charge in [0.1, 0.15) is 10.7 Å². The highest BCUT2D eigenvalue weighted by Gasteiger charge is 2.11. The number of nitrogens with one attached hydrogen (secondary N) is 1. The van der Waals surface area contributed by atoms with Crippen molar-refractivity contribution in [3.63, 3.8) is 0 Å². The molecule has 2 aromatic heterocycles. The number of hydrogen-bond acceptors (Lipinski definition) is 3. The third kappa shape index (κ3) is 2.48. The summed E-state index contributed by atoms with van der Waals surface area (Å²) in [6, 6.07) is 7.37. The van der Waals surface area contributed by atoms with E-state index in [9.17, 15) is 4.79 Å². The van der Waals surface area contributed by atoms with E-state index >= 15 is 0 Å². The van der Waals surface area contributed by atoms with Crippen LogP contribution in [-0.4, -0.2) is 10.9 Å². The van der Waals surface area contributed by atoms with Crippen LogP contribution in [0.5, 0.6) is 0 Å². The van der Waals surface area contributed by atoms with E-state index in [2.05, 4.69) is 26.2 Å². The molecule has 1 amide bonds. The van der Waals surface area contributed by atoms with Crippen LogP contribution in [0.3, 0.4) is 0 Å². The van der Waals surface area contributed by atoms with Crippen molar-refractivity contribution in [2.45, 2.75) is 6.92 Å². The van der Waals surface area contributed by atoms with Crippen molar-refractivity contribution in [1.82, 2.24) is 4.98 Å². The average Bonchev–Trinajstić information content (AvgIpc) is 2.64. The number of nitrogens with zero attached hydrogens (tertiary/aromatic N) is 1. The van der Waals surface area contributed by atoms with Crippen LogP contribution in [-0.2, 0) is 0 Å². The maximum Gasteiger partial charge on any atom is 0.268 e. The summed E-state index contributed by atoms with van der Waals surface area (Å²) in [5.74, 6) is 0.435. The lowest BCUT2D eigenvalue weighted by Gasteiger charge is -2.03. The second-order valence-electron chi connectivity index (χ2n) is 3.22. The van der Waals surface area contributed by atoms with Crippen LogP contribution in [0.1, 0.15) is 15.4 Å². The fraction of sp³-hybridized carbons (Fsp3) is 0.0909. The van der Waals surface area contributed by atoms with Crippen molar-refractivity contribution in [1.29, 1.82) is 0 Å². The van der Waals surface area contributed by atoms with Gasteiger partial charge < -0.3 is 5.32 Å². The number of rotatable bonds is 2. The van der Waals surface area contributed by atoms with Crippen LogP contribution in [0.25, 0.3) is 0 Å². The summed E-state index contributed by atoms with van der Waals surface area (Å²) >= 11 is 4.72. The lowest BCUT2D eigenvalue weighted by atomic mass is 10.3. The van der Waals surface area contributed by atoms with Crippen molar-refractivity contribution in [3.8, 4) is 0 Å². The summed E-state index contributed by atoms with van der Waals surface area (Å²) in [6.45, 7) is 1.89. The zero-order chi connectivity index (χ0) is 11.5. The normalized spacial score (nSPS) is 10.1. The van der Waals surface area contributed by atoms with Crippen LogP contribution < -0.4 is 5.32 Å². The molecule has 0 saturated carbocycles. The average molecular weight is 297 g/mol. The minimum atomic E-state index is -0.139. The number of thiophene rings is 1. The first-order valence-corrected chi connectivity index (χ1v) is 6.32. The van der Waals surface area contributed by atoms with Crippen LogP contribution in [0.2, 0.25) is 0 Å². The van der Waals surface area contributed by atoms with Gasteiger partial charge in [0.15, 0.2) is 0 Å². The van der Waals surface area contributed by atoms with Crippen LogP contribution in [0.4, 0.5) is 5.82 Å². The number of carbonyl (C=O) groups excluding carboxylic acids is 1. The van der Waals surface area contributed by atoms with Gasteiger partial charge in [-0.1, -0.05) is 6.07 Å². The Bertz CT molecular complexity index is 524. The fourth-order valence-corrected chi connectivity index (χ4v) is 2.69. The number of hydrogen-bond donors (Lipinski definition) is 1. The Balaban J connectivity index is 2.17.